The van der Waals surface area contributed by atoms with Crippen molar-refractivity contribution in [1.29, 1.82) is 0 Å². The third-order valence-corrected chi connectivity index (χ3v) is 2.56. The van der Waals surface area contributed by atoms with Gasteiger partial charge in [0.05, 0.1) is 11.5 Å². The molecule has 0 rings (SSSR count). The quantitative estimate of drug-likeness (QED) is 0.586. The Kier molecular flexibility index (Phi) is 4.36. The van der Waals surface area contributed by atoms with Crippen LogP contribution in [-0.4, -0.2) is 28.8 Å². The molecule has 78 valence electrons. The van der Waals surface area contributed by atoms with E-state index in [1.807, 2.05) is 13.8 Å². The molecule has 0 aromatic rings. The minimum atomic E-state index is -0.992. The predicted molar refractivity (Wildman–Crippen MR) is 50.3 cm³/mol. The van der Waals surface area contributed by atoms with Crippen LogP contribution in [0, 0.1) is 11.3 Å². The molecule has 0 amide bonds. The first-order valence-corrected chi connectivity index (χ1v) is 4.48. The van der Waals surface area contributed by atoms with Gasteiger partial charge in [-0.15, -0.1) is 0 Å². The Balaban J connectivity index is 4.76. The van der Waals surface area contributed by atoms with Crippen LogP contribution >= 0.6 is 0 Å². The highest BCUT2D eigenvalue weighted by atomic mass is 16.4. The van der Waals surface area contributed by atoms with E-state index in [2.05, 4.69) is 0 Å². The van der Waals surface area contributed by atoms with Crippen LogP contribution in [0.2, 0.25) is 0 Å². The number of carboxylic acids is 1. The second-order valence-corrected chi connectivity index (χ2v) is 3.87. The molecule has 0 heterocycles. The number of hydrogen-bond donors (Lipinski definition) is 3. The summed E-state index contributed by atoms with van der Waals surface area (Å²) in [6.45, 7) is 5.26. The molecule has 2 atom stereocenters. The van der Waals surface area contributed by atoms with E-state index in [0.717, 1.165) is 0 Å². The van der Waals surface area contributed by atoms with Crippen LogP contribution in [0.5, 0.6) is 0 Å². The number of hydrogen-bond acceptors (Lipinski definition) is 3. The monoisotopic (exact) mass is 189 g/mol. The molecule has 0 aromatic heterocycles. The Bertz CT molecular complexity index is 180. The highest BCUT2D eigenvalue weighted by Crippen LogP contribution is 2.32. The maximum atomic E-state index is 11.0. The molecular formula is C9H19NO3. The molecular weight excluding hydrogens is 170 g/mol. The van der Waals surface area contributed by atoms with Crippen LogP contribution in [0.1, 0.15) is 27.2 Å². The molecule has 4 nitrogen and oxygen atoms in total. The first kappa shape index (κ1) is 12.4. The van der Waals surface area contributed by atoms with Gasteiger partial charge in [-0.05, 0) is 19.3 Å². The lowest BCUT2D eigenvalue weighted by Crippen LogP contribution is -2.45. The fraction of sp³-hybridized carbons (Fsp3) is 0.889. The van der Waals surface area contributed by atoms with Crippen molar-refractivity contribution in [3.8, 4) is 0 Å². The SMILES string of the molecule is CC(O)CC(CN)(C(=O)O)C(C)C. The van der Waals surface area contributed by atoms with Gasteiger partial charge in [0, 0.05) is 6.54 Å². The van der Waals surface area contributed by atoms with Gasteiger partial charge in [0.25, 0.3) is 0 Å². The lowest BCUT2D eigenvalue weighted by Gasteiger charge is -2.33. The lowest BCUT2D eigenvalue weighted by atomic mass is 9.73. The first-order chi connectivity index (χ1) is 5.86. The Hall–Kier alpha value is -0.610. The predicted octanol–water partition coefficient (Wildman–Crippen LogP) is 0.443. The van der Waals surface area contributed by atoms with Crippen molar-refractivity contribution in [2.75, 3.05) is 6.54 Å². The highest BCUT2D eigenvalue weighted by Gasteiger charge is 2.41. The third kappa shape index (κ3) is 2.67. The summed E-state index contributed by atoms with van der Waals surface area (Å²) in [5.41, 5.74) is 4.47. The fourth-order valence-electron chi connectivity index (χ4n) is 1.50. The van der Waals surface area contributed by atoms with Crippen molar-refractivity contribution in [2.24, 2.45) is 17.1 Å². The van der Waals surface area contributed by atoms with Gasteiger partial charge in [-0.2, -0.15) is 0 Å². The summed E-state index contributed by atoms with van der Waals surface area (Å²) >= 11 is 0. The number of aliphatic hydroxyl groups excluding tert-OH is 1. The van der Waals surface area contributed by atoms with Gasteiger partial charge in [-0.1, -0.05) is 13.8 Å². The molecule has 2 unspecified atom stereocenters. The van der Waals surface area contributed by atoms with Gasteiger partial charge >= 0.3 is 5.97 Å². The summed E-state index contributed by atoms with van der Waals surface area (Å²) in [5, 5.41) is 18.2. The van der Waals surface area contributed by atoms with Gasteiger partial charge in [-0.25, -0.2) is 0 Å². The molecule has 13 heavy (non-hydrogen) atoms. The number of aliphatic carboxylic acids is 1. The number of carboxylic acid groups (broad SMARTS) is 1. The summed E-state index contributed by atoms with van der Waals surface area (Å²) in [7, 11) is 0. The van der Waals surface area contributed by atoms with E-state index in [1.54, 1.807) is 6.92 Å². The molecule has 0 spiro atoms. The molecule has 0 saturated heterocycles. The van der Waals surface area contributed by atoms with Crippen molar-refractivity contribution in [3.63, 3.8) is 0 Å². The Morgan fingerprint density at radius 3 is 2.00 bits per heavy atom. The second kappa shape index (κ2) is 4.58. The summed E-state index contributed by atoms with van der Waals surface area (Å²) in [6, 6.07) is 0. The molecule has 0 saturated carbocycles. The molecule has 0 radical (unpaired) electrons. The topological polar surface area (TPSA) is 83.5 Å². The molecule has 0 fully saturated rings. The standard InChI is InChI=1S/C9H19NO3/c1-6(2)9(5-10,8(12)13)4-7(3)11/h6-7,11H,4-5,10H2,1-3H3,(H,12,13). The summed E-state index contributed by atoms with van der Waals surface area (Å²) in [4.78, 5) is 11.0. The van der Waals surface area contributed by atoms with Gasteiger partial charge in [-0.3, -0.25) is 4.79 Å². The number of aliphatic hydroxyl groups is 1. The summed E-state index contributed by atoms with van der Waals surface area (Å²) in [5.74, 6) is -1.00. The minimum Gasteiger partial charge on any atom is -0.481 e. The first-order valence-electron chi connectivity index (χ1n) is 4.48. The second-order valence-electron chi connectivity index (χ2n) is 3.87. The summed E-state index contributed by atoms with van der Waals surface area (Å²) < 4.78 is 0. The molecule has 4 heteroatoms. The Morgan fingerprint density at radius 2 is 1.92 bits per heavy atom. The largest absolute Gasteiger partial charge is 0.481 e. The molecule has 0 aliphatic rings. The summed E-state index contributed by atoms with van der Waals surface area (Å²) in [6.07, 6.45) is -0.432. The van der Waals surface area contributed by atoms with Crippen molar-refractivity contribution in [2.45, 2.75) is 33.3 Å². The zero-order chi connectivity index (χ0) is 10.6. The van der Waals surface area contributed by atoms with Gasteiger partial charge < -0.3 is 15.9 Å². The Labute approximate surface area is 78.7 Å². The van der Waals surface area contributed by atoms with Crippen LogP contribution in [0.25, 0.3) is 0 Å². The molecule has 0 aromatic carbocycles. The van der Waals surface area contributed by atoms with Crippen LogP contribution in [0.3, 0.4) is 0 Å². The van der Waals surface area contributed by atoms with Crippen molar-refractivity contribution in [3.05, 3.63) is 0 Å². The fourth-order valence-corrected chi connectivity index (χ4v) is 1.50. The van der Waals surface area contributed by atoms with Gasteiger partial charge in [0.1, 0.15) is 0 Å². The van der Waals surface area contributed by atoms with E-state index >= 15 is 0 Å². The van der Waals surface area contributed by atoms with Crippen molar-refractivity contribution in [1.82, 2.24) is 0 Å². The molecule has 0 aliphatic carbocycles. The van der Waals surface area contributed by atoms with Crippen molar-refractivity contribution < 1.29 is 15.0 Å². The lowest BCUT2D eigenvalue weighted by molar-refractivity contribution is -0.153. The van der Waals surface area contributed by atoms with Gasteiger partial charge in [0.15, 0.2) is 0 Å². The molecule has 4 N–H and O–H groups in total. The highest BCUT2D eigenvalue weighted by molar-refractivity contribution is 5.75. The minimum absolute atomic E-state index is 0.0604. The van der Waals surface area contributed by atoms with Crippen LogP contribution in [0.15, 0.2) is 0 Å². The number of nitrogens with two attached hydrogens (primary N) is 1. The van der Waals surface area contributed by atoms with Gasteiger partial charge in [0.2, 0.25) is 0 Å². The van der Waals surface area contributed by atoms with E-state index < -0.39 is 17.5 Å². The van der Waals surface area contributed by atoms with E-state index in [4.69, 9.17) is 10.8 Å². The maximum Gasteiger partial charge on any atom is 0.311 e. The van der Waals surface area contributed by atoms with E-state index in [9.17, 15) is 9.90 Å². The van der Waals surface area contributed by atoms with Crippen LogP contribution in [0.4, 0.5) is 0 Å². The van der Waals surface area contributed by atoms with E-state index in [1.165, 1.54) is 0 Å². The zero-order valence-electron chi connectivity index (χ0n) is 8.45. The molecule has 0 bridgehead atoms. The van der Waals surface area contributed by atoms with Crippen LogP contribution in [-0.2, 0) is 4.79 Å². The van der Waals surface area contributed by atoms with E-state index in [-0.39, 0.29) is 18.9 Å². The Morgan fingerprint density at radius 1 is 1.46 bits per heavy atom. The maximum absolute atomic E-state index is 11.0. The third-order valence-electron chi connectivity index (χ3n) is 2.56. The normalized spacial score (nSPS) is 18.3. The smallest absolute Gasteiger partial charge is 0.311 e. The van der Waals surface area contributed by atoms with Crippen LogP contribution < -0.4 is 5.73 Å². The molecule has 0 aliphatic heterocycles. The average Bonchev–Trinajstić information content (AvgIpc) is 1.98. The zero-order valence-corrected chi connectivity index (χ0v) is 8.45. The van der Waals surface area contributed by atoms with Crippen molar-refractivity contribution >= 4 is 5.97 Å². The number of carbonyl (C=O) groups is 1. The average molecular weight is 189 g/mol. The number of rotatable bonds is 5. The van der Waals surface area contributed by atoms with E-state index in [0.29, 0.717) is 0 Å².